The van der Waals surface area contributed by atoms with E-state index in [0.29, 0.717) is 11.2 Å². The smallest absolute Gasteiger partial charge is 0.258 e. The summed E-state index contributed by atoms with van der Waals surface area (Å²) in [6.07, 6.45) is 2.55. The second-order valence-corrected chi connectivity index (χ2v) is 4.15. The third-order valence-electron chi connectivity index (χ3n) is 2.89. The van der Waals surface area contributed by atoms with Crippen LogP contribution in [0.2, 0.25) is 0 Å². The van der Waals surface area contributed by atoms with Gasteiger partial charge in [-0.2, -0.15) is 0 Å². The Kier molecular flexibility index (Phi) is 2.23. The number of hydrogen-bond donors (Lipinski definition) is 0. The highest BCUT2D eigenvalue weighted by Crippen LogP contribution is 2.27. The van der Waals surface area contributed by atoms with Crippen LogP contribution in [-0.2, 0) is 9.59 Å². The van der Waals surface area contributed by atoms with Crippen LogP contribution in [0.25, 0.3) is 10.9 Å². The summed E-state index contributed by atoms with van der Waals surface area (Å²) >= 11 is 0. The van der Waals surface area contributed by atoms with E-state index in [-0.39, 0.29) is 11.8 Å². The fourth-order valence-electron chi connectivity index (χ4n) is 2.05. The summed E-state index contributed by atoms with van der Waals surface area (Å²) in [6.45, 7) is 1.88. The number of para-hydroxylation sites is 1. The Morgan fingerprint density at radius 1 is 1.00 bits per heavy atom. The number of carbonyl (C=O) groups excluding carboxylic acids is 2. The minimum Gasteiger partial charge on any atom is -0.269 e. The number of rotatable bonds is 1. The Balaban J connectivity index is 2.26. The molecule has 0 spiro atoms. The number of imide groups is 1. The number of amides is 2. The number of pyridine rings is 1. The SMILES string of the molecule is Cc1ccc2cccc(N3C(=O)C=CC3=O)c2n1. The lowest BCUT2D eigenvalue weighted by Crippen LogP contribution is -2.29. The molecule has 2 heterocycles. The molecular formula is C14H10N2O2. The van der Waals surface area contributed by atoms with Crippen LogP contribution in [0, 0.1) is 6.92 Å². The van der Waals surface area contributed by atoms with Gasteiger partial charge in [0.15, 0.2) is 0 Å². The van der Waals surface area contributed by atoms with E-state index < -0.39 is 0 Å². The zero-order chi connectivity index (χ0) is 12.7. The van der Waals surface area contributed by atoms with E-state index in [9.17, 15) is 9.59 Å². The maximum Gasteiger partial charge on any atom is 0.258 e. The molecule has 4 heteroatoms. The quantitative estimate of drug-likeness (QED) is 0.714. The summed E-state index contributed by atoms with van der Waals surface area (Å²) in [4.78, 5) is 29.0. The van der Waals surface area contributed by atoms with Gasteiger partial charge in [-0.15, -0.1) is 0 Å². The molecule has 0 aliphatic carbocycles. The maximum atomic E-state index is 11.7. The van der Waals surface area contributed by atoms with Crippen LogP contribution in [0.15, 0.2) is 42.5 Å². The molecule has 4 nitrogen and oxygen atoms in total. The Morgan fingerprint density at radius 2 is 1.72 bits per heavy atom. The molecule has 0 fully saturated rings. The third kappa shape index (κ3) is 1.50. The van der Waals surface area contributed by atoms with Gasteiger partial charge in [0, 0.05) is 23.2 Å². The van der Waals surface area contributed by atoms with E-state index in [0.717, 1.165) is 16.0 Å². The molecule has 0 atom stereocenters. The normalized spacial score (nSPS) is 14.8. The van der Waals surface area contributed by atoms with Gasteiger partial charge in [0.2, 0.25) is 0 Å². The second-order valence-electron chi connectivity index (χ2n) is 4.15. The molecule has 0 radical (unpaired) electrons. The first-order chi connectivity index (χ1) is 8.66. The number of hydrogen-bond acceptors (Lipinski definition) is 3. The standard InChI is InChI=1S/C14H10N2O2/c1-9-5-6-10-3-2-4-11(14(10)15-9)16-12(17)7-8-13(16)18/h2-8H,1H3. The lowest BCUT2D eigenvalue weighted by atomic mass is 10.1. The summed E-state index contributed by atoms with van der Waals surface area (Å²) in [5, 5.41) is 0.908. The van der Waals surface area contributed by atoms with Gasteiger partial charge in [0.1, 0.15) is 0 Å². The van der Waals surface area contributed by atoms with Crippen LogP contribution < -0.4 is 4.90 Å². The van der Waals surface area contributed by atoms with E-state index in [1.54, 1.807) is 6.07 Å². The number of nitrogens with zero attached hydrogens (tertiary/aromatic N) is 2. The van der Waals surface area contributed by atoms with Crippen molar-refractivity contribution in [1.29, 1.82) is 0 Å². The van der Waals surface area contributed by atoms with Crippen molar-refractivity contribution < 1.29 is 9.59 Å². The van der Waals surface area contributed by atoms with Gasteiger partial charge in [0.05, 0.1) is 11.2 Å². The van der Waals surface area contributed by atoms with Crippen molar-refractivity contribution in [2.24, 2.45) is 0 Å². The van der Waals surface area contributed by atoms with Crippen LogP contribution >= 0.6 is 0 Å². The highest BCUT2D eigenvalue weighted by atomic mass is 16.2. The summed E-state index contributed by atoms with van der Waals surface area (Å²) in [6, 6.07) is 9.28. The zero-order valence-corrected chi connectivity index (χ0v) is 9.75. The third-order valence-corrected chi connectivity index (χ3v) is 2.89. The van der Waals surface area contributed by atoms with E-state index >= 15 is 0 Å². The molecule has 0 unspecified atom stereocenters. The second kappa shape index (κ2) is 3.77. The average Bonchev–Trinajstić information content (AvgIpc) is 2.68. The van der Waals surface area contributed by atoms with E-state index in [2.05, 4.69) is 4.98 Å². The predicted molar refractivity (Wildman–Crippen MR) is 68.1 cm³/mol. The molecule has 0 saturated carbocycles. The zero-order valence-electron chi connectivity index (χ0n) is 9.75. The average molecular weight is 238 g/mol. The minimum atomic E-state index is -0.323. The van der Waals surface area contributed by atoms with Gasteiger partial charge in [-0.05, 0) is 19.1 Å². The molecule has 3 rings (SSSR count). The van der Waals surface area contributed by atoms with E-state index in [1.807, 2.05) is 31.2 Å². The largest absolute Gasteiger partial charge is 0.269 e. The Hall–Kier alpha value is -2.49. The van der Waals surface area contributed by atoms with E-state index in [4.69, 9.17) is 0 Å². The summed E-state index contributed by atoms with van der Waals surface area (Å²) in [5.74, 6) is -0.647. The molecule has 0 bridgehead atoms. The molecule has 1 aliphatic heterocycles. The van der Waals surface area contributed by atoms with Crippen molar-refractivity contribution in [2.45, 2.75) is 6.92 Å². The highest BCUT2D eigenvalue weighted by molar-refractivity contribution is 6.29. The number of carbonyl (C=O) groups is 2. The Bertz CT molecular complexity index is 686. The number of aryl methyl sites for hydroxylation is 1. The highest BCUT2D eigenvalue weighted by Gasteiger charge is 2.26. The van der Waals surface area contributed by atoms with Gasteiger partial charge < -0.3 is 0 Å². The maximum absolute atomic E-state index is 11.7. The predicted octanol–water partition coefficient (Wildman–Crippen LogP) is 1.97. The molecule has 2 amide bonds. The molecule has 1 aliphatic rings. The first kappa shape index (κ1) is 10.7. The molecule has 2 aromatic rings. The first-order valence-electron chi connectivity index (χ1n) is 5.59. The molecule has 1 aromatic carbocycles. The van der Waals surface area contributed by atoms with Crippen LogP contribution in [0.5, 0.6) is 0 Å². The van der Waals surface area contributed by atoms with Crippen molar-refractivity contribution in [3.05, 3.63) is 48.2 Å². The lowest BCUT2D eigenvalue weighted by molar-refractivity contribution is -0.119. The molecule has 0 N–H and O–H groups in total. The Labute approximate surface area is 104 Å². The molecule has 1 aromatic heterocycles. The van der Waals surface area contributed by atoms with Crippen LogP contribution in [0.3, 0.4) is 0 Å². The monoisotopic (exact) mass is 238 g/mol. The number of fused-ring (bicyclic) bond motifs is 1. The van der Waals surface area contributed by atoms with Crippen LogP contribution in [0.1, 0.15) is 5.69 Å². The molecule has 0 saturated heterocycles. The van der Waals surface area contributed by atoms with Gasteiger partial charge in [-0.25, -0.2) is 4.90 Å². The van der Waals surface area contributed by atoms with Crippen molar-refractivity contribution in [3.8, 4) is 0 Å². The van der Waals surface area contributed by atoms with Gasteiger partial charge in [-0.1, -0.05) is 18.2 Å². The van der Waals surface area contributed by atoms with Crippen molar-refractivity contribution in [2.75, 3.05) is 4.90 Å². The van der Waals surface area contributed by atoms with Crippen molar-refractivity contribution in [1.82, 2.24) is 4.98 Å². The van der Waals surface area contributed by atoms with Gasteiger partial charge in [0.25, 0.3) is 11.8 Å². The topological polar surface area (TPSA) is 50.3 Å². The van der Waals surface area contributed by atoms with Crippen molar-refractivity contribution >= 4 is 28.4 Å². The molecule has 88 valence electrons. The van der Waals surface area contributed by atoms with Crippen molar-refractivity contribution in [3.63, 3.8) is 0 Å². The first-order valence-corrected chi connectivity index (χ1v) is 5.59. The summed E-state index contributed by atoms with van der Waals surface area (Å²) < 4.78 is 0. The fraction of sp³-hybridized carbons (Fsp3) is 0.0714. The number of benzene rings is 1. The molecule has 18 heavy (non-hydrogen) atoms. The number of anilines is 1. The minimum absolute atomic E-state index is 0.323. The fourth-order valence-corrected chi connectivity index (χ4v) is 2.05. The number of aromatic nitrogens is 1. The van der Waals surface area contributed by atoms with Crippen LogP contribution in [0.4, 0.5) is 5.69 Å². The van der Waals surface area contributed by atoms with Gasteiger partial charge >= 0.3 is 0 Å². The van der Waals surface area contributed by atoms with E-state index in [1.165, 1.54) is 12.2 Å². The van der Waals surface area contributed by atoms with Crippen LogP contribution in [-0.4, -0.2) is 16.8 Å². The summed E-state index contributed by atoms with van der Waals surface area (Å²) in [5.41, 5.74) is 2.06. The Morgan fingerprint density at radius 3 is 2.44 bits per heavy atom. The molecular weight excluding hydrogens is 228 g/mol. The lowest BCUT2D eigenvalue weighted by Gasteiger charge is -2.15. The van der Waals surface area contributed by atoms with Gasteiger partial charge in [-0.3, -0.25) is 14.6 Å². The summed E-state index contributed by atoms with van der Waals surface area (Å²) in [7, 11) is 0.